The van der Waals surface area contributed by atoms with E-state index < -0.39 is 0 Å². The van der Waals surface area contributed by atoms with Crippen molar-refractivity contribution in [1.82, 2.24) is 9.97 Å². The molecule has 0 unspecified atom stereocenters. The number of aromatic nitrogens is 2. The number of benzene rings is 1. The molecular formula is C13H14BrClN4O. The Morgan fingerprint density at radius 3 is 2.75 bits per heavy atom. The normalized spacial score (nSPS) is 10.4. The largest absolute Gasteiger partial charge is 0.377 e. The Morgan fingerprint density at radius 1 is 1.30 bits per heavy atom. The molecule has 1 aromatic heterocycles. The second-order valence-electron chi connectivity index (χ2n) is 3.96. The fraction of sp³-hybridized carbons (Fsp3) is 0.231. The van der Waals surface area contributed by atoms with E-state index in [9.17, 15) is 0 Å². The Balaban J connectivity index is 2.32. The summed E-state index contributed by atoms with van der Waals surface area (Å²) in [4.78, 5) is 8.68. The van der Waals surface area contributed by atoms with E-state index in [2.05, 4.69) is 36.5 Å². The molecule has 0 saturated heterocycles. The molecule has 0 aliphatic rings. The van der Waals surface area contributed by atoms with Crippen LogP contribution >= 0.6 is 27.5 Å². The highest BCUT2D eigenvalue weighted by Crippen LogP contribution is 2.32. The maximum atomic E-state index is 6.07. The van der Waals surface area contributed by atoms with Gasteiger partial charge in [0.25, 0.3) is 0 Å². The summed E-state index contributed by atoms with van der Waals surface area (Å²) in [6, 6.07) is 7.40. The zero-order chi connectivity index (χ0) is 14.5. The summed E-state index contributed by atoms with van der Waals surface area (Å²) in [7, 11) is 3.41. The lowest BCUT2D eigenvalue weighted by Crippen LogP contribution is -2.05. The van der Waals surface area contributed by atoms with Crippen molar-refractivity contribution in [1.29, 1.82) is 0 Å². The predicted molar refractivity (Wildman–Crippen MR) is 84.7 cm³/mol. The molecule has 0 aliphatic heterocycles. The highest BCUT2D eigenvalue weighted by Gasteiger charge is 2.07. The van der Waals surface area contributed by atoms with Crippen molar-refractivity contribution in [2.75, 3.05) is 24.8 Å². The molecule has 5 nitrogen and oxygen atoms in total. The molecule has 2 rings (SSSR count). The smallest absolute Gasteiger partial charge is 0.158 e. The molecule has 2 N–H and O–H groups in total. The van der Waals surface area contributed by atoms with Gasteiger partial charge in [0.15, 0.2) is 5.82 Å². The van der Waals surface area contributed by atoms with Crippen molar-refractivity contribution in [3.05, 3.63) is 39.6 Å². The summed E-state index contributed by atoms with van der Waals surface area (Å²) in [5.74, 6) is 1.98. The van der Waals surface area contributed by atoms with Crippen molar-refractivity contribution in [3.63, 3.8) is 0 Å². The maximum Gasteiger partial charge on any atom is 0.158 e. The average molecular weight is 358 g/mol. The third-order valence-electron chi connectivity index (χ3n) is 2.52. The minimum Gasteiger partial charge on any atom is -0.377 e. The van der Waals surface area contributed by atoms with E-state index in [1.54, 1.807) is 14.2 Å². The van der Waals surface area contributed by atoms with Gasteiger partial charge in [-0.3, -0.25) is 0 Å². The summed E-state index contributed by atoms with van der Waals surface area (Å²) >= 11 is 9.51. The number of nitrogens with zero attached hydrogens (tertiary/aromatic N) is 2. The summed E-state index contributed by atoms with van der Waals surface area (Å²) in [6.45, 7) is 0.348. The Hall–Kier alpha value is -1.37. The molecule has 2 aromatic rings. The molecule has 0 bridgehead atoms. The van der Waals surface area contributed by atoms with Gasteiger partial charge < -0.3 is 15.4 Å². The van der Waals surface area contributed by atoms with Crippen LogP contribution in [0.15, 0.2) is 28.7 Å². The van der Waals surface area contributed by atoms with E-state index >= 15 is 0 Å². The number of ether oxygens (including phenoxy) is 1. The first-order valence-electron chi connectivity index (χ1n) is 5.89. The second-order valence-corrected chi connectivity index (χ2v) is 5.16. The van der Waals surface area contributed by atoms with Gasteiger partial charge in [-0.25, -0.2) is 9.97 Å². The molecule has 0 saturated carbocycles. The molecule has 7 heteroatoms. The third kappa shape index (κ3) is 3.59. The standard InChI is InChI=1S/C13H14BrClN4O/c1-16-10-6-11(19-12(18-10)7-20-2)17-9-5-3-4-8(15)13(9)14/h3-6H,7H2,1-2H3,(H2,16,17,18,19). The molecule has 0 amide bonds. The molecule has 0 aliphatic carbocycles. The van der Waals surface area contributed by atoms with Crippen LogP contribution in [-0.2, 0) is 11.3 Å². The van der Waals surface area contributed by atoms with Crippen LogP contribution in [0.5, 0.6) is 0 Å². The molecule has 0 fully saturated rings. The summed E-state index contributed by atoms with van der Waals surface area (Å²) in [5, 5.41) is 6.84. The molecule has 1 heterocycles. The topological polar surface area (TPSA) is 59.1 Å². The van der Waals surface area contributed by atoms with E-state index in [1.165, 1.54) is 0 Å². The minimum absolute atomic E-state index is 0.348. The van der Waals surface area contributed by atoms with Gasteiger partial charge in [-0.05, 0) is 28.1 Å². The molecule has 106 valence electrons. The molecule has 0 atom stereocenters. The van der Waals surface area contributed by atoms with Gasteiger partial charge >= 0.3 is 0 Å². The lowest BCUT2D eigenvalue weighted by molar-refractivity contribution is 0.178. The van der Waals surface area contributed by atoms with Crippen molar-refractivity contribution in [2.24, 2.45) is 0 Å². The molecular weight excluding hydrogens is 344 g/mol. The zero-order valence-electron chi connectivity index (χ0n) is 11.1. The molecule has 1 aromatic carbocycles. The Kier molecular flexibility index (Phi) is 5.17. The molecule has 20 heavy (non-hydrogen) atoms. The van der Waals surface area contributed by atoms with Crippen molar-refractivity contribution >= 4 is 44.9 Å². The van der Waals surface area contributed by atoms with E-state index in [0.29, 0.717) is 29.1 Å². The zero-order valence-corrected chi connectivity index (χ0v) is 13.4. The van der Waals surface area contributed by atoms with Crippen molar-refractivity contribution in [3.8, 4) is 0 Å². The summed E-state index contributed by atoms with van der Waals surface area (Å²) in [6.07, 6.45) is 0. The van der Waals surface area contributed by atoms with Crippen LogP contribution in [0.3, 0.4) is 0 Å². The highest BCUT2D eigenvalue weighted by molar-refractivity contribution is 9.10. The summed E-state index contributed by atoms with van der Waals surface area (Å²) in [5.41, 5.74) is 0.835. The van der Waals surface area contributed by atoms with Gasteiger partial charge in [0.1, 0.15) is 18.2 Å². The third-order valence-corrected chi connectivity index (χ3v) is 3.91. The lowest BCUT2D eigenvalue weighted by Gasteiger charge is -2.11. The number of anilines is 3. The number of halogens is 2. The minimum atomic E-state index is 0.348. The Labute approximate surface area is 130 Å². The monoisotopic (exact) mass is 356 g/mol. The van der Waals surface area contributed by atoms with Crippen molar-refractivity contribution < 1.29 is 4.74 Å². The number of nitrogens with one attached hydrogen (secondary N) is 2. The lowest BCUT2D eigenvalue weighted by atomic mass is 10.3. The van der Waals surface area contributed by atoms with E-state index in [0.717, 1.165) is 10.2 Å². The SMILES string of the molecule is CNc1cc(Nc2cccc(Cl)c2Br)nc(COC)n1. The van der Waals surface area contributed by atoms with Crippen molar-refractivity contribution in [2.45, 2.75) is 6.61 Å². The number of methoxy groups -OCH3 is 1. The number of hydrogen-bond acceptors (Lipinski definition) is 5. The van der Waals surface area contributed by atoms with Gasteiger partial charge in [0.2, 0.25) is 0 Å². The van der Waals surface area contributed by atoms with Crippen LogP contribution in [0.1, 0.15) is 5.82 Å². The first-order valence-corrected chi connectivity index (χ1v) is 7.07. The van der Waals surface area contributed by atoms with Crippen LogP contribution in [0.4, 0.5) is 17.3 Å². The Bertz CT molecular complexity index is 609. The average Bonchev–Trinajstić information content (AvgIpc) is 2.44. The quantitative estimate of drug-likeness (QED) is 0.852. The van der Waals surface area contributed by atoms with Crippen LogP contribution < -0.4 is 10.6 Å². The van der Waals surface area contributed by atoms with Crippen LogP contribution in [0.25, 0.3) is 0 Å². The predicted octanol–water partition coefficient (Wildman–Crippen LogP) is 3.82. The summed E-state index contributed by atoms with van der Waals surface area (Å²) < 4.78 is 5.86. The van der Waals surface area contributed by atoms with E-state index in [4.69, 9.17) is 16.3 Å². The van der Waals surface area contributed by atoms with Crippen LogP contribution in [0.2, 0.25) is 5.02 Å². The second kappa shape index (κ2) is 6.88. The first kappa shape index (κ1) is 15.0. The molecule has 0 radical (unpaired) electrons. The van der Waals surface area contributed by atoms with Gasteiger partial charge in [-0.15, -0.1) is 0 Å². The van der Waals surface area contributed by atoms with E-state index in [-0.39, 0.29) is 0 Å². The fourth-order valence-corrected chi connectivity index (χ4v) is 2.16. The van der Waals surface area contributed by atoms with Gasteiger partial charge in [0, 0.05) is 20.2 Å². The van der Waals surface area contributed by atoms with Gasteiger partial charge in [-0.2, -0.15) is 0 Å². The van der Waals surface area contributed by atoms with Gasteiger partial charge in [0.05, 0.1) is 15.2 Å². The van der Waals surface area contributed by atoms with E-state index in [1.807, 2.05) is 24.3 Å². The van der Waals surface area contributed by atoms with Gasteiger partial charge in [-0.1, -0.05) is 17.7 Å². The maximum absolute atomic E-state index is 6.07. The number of rotatable bonds is 5. The molecule has 0 spiro atoms. The fourth-order valence-electron chi connectivity index (χ4n) is 1.62. The Morgan fingerprint density at radius 2 is 2.05 bits per heavy atom. The highest BCUT2D eigenvalue weighted by atomic mass is 79.9. The van der Waals surface area contributed by atoms with Crippen LogP contribution in [0, 0.1) is 0 Å². The number of hydrogen-bond donors (Lipinski definition) is 2. The first-order chi connectivity index (χ1) is 9.63. The van der Waals surface area contributed by atoms with Crippen LogP contribution in [-0.4, -0.2) is 24.1 Å².